The average molecular weight is 472 g/mol. The fourth-order valence-electron chi connectivity index (χ4n) is 2.95. The number of rotatable bonds is 9. The molecule has 2 N–H and O–H groups in total. The fourth-order valence-corrected chi connectivity index (χ4v) is 4.65. The third-order valence-electron chi connectivity index (χ3n) is 4.76. The maximum absolute atomic E-state index is 12.8. The molecule has 168 valence electrons. The van der Waals surface area contributed by atoms with Crippen molar-refractivity contribution in [2.24, 2.45) is 0 Å². The zero-order chi connectivity index (χ0) is 23.1. The zero-order valence-corrected chi connectivity index (χ0v) is 19.5. The lowest BCUT2D eigenvalue weighted by Crippen LogP contribution is -2.40. The van der Waals surface area contributed by atoms with Crippen LogP contribution in [-0.4, -0.2) is 38.2 Å². The molecule has 1 aromatic heterocycles. The first-order valence-electron chi connectivity index (χ1n) is 10.1. The number of carbonyl (C=O) groups is 2. The van der Waals surface area contributed by atoms with Gasteiger partial charge in [0.15, 0.2) is 0 Å². The molecule has 32 heavy (non-hydrogen) atoms. The number of benzene rings is 2. The van der Waals surface area contributed by atoms with Crippen molar-refractivity contribution in [2.75, 3.05) is 17.8 Å². The van der Waals surface area contributed by atoms with Crippen LogP contribution in [0.3, 0.4) is 0 Å². The summed E-state index contributed by atoms with van der Waals surface area (Å²) >= 11 is 1.55. The van der Waals surface area contributed by atoms with Gasteiger partial charge >= 0.3 is 0 Å². The van der Waals surface area contributed by atoms with Crippen LogP contribution in [-0.2, 0) is 21.4 Å². The molecular weight excluding hydrogens is 446 g/mol. The minimum absolute atomic E-state index is 0.0476. The van der Waals surface area contributed by atoms with E-state index in [0.717, 1.165) is 10.4 Å². The SMILES string of the molecule is CCN(CC(=O)NCc1cccs1)C(=O)c1ccc(S(=O)(=O)Nc2ccc(C)cc2)cc1. The number of nitrogens with one attached hydrogen (secondary N) is 2. The maximum atomic E-state index is 12.8. The van der Waals surface area contributed by atoms with E-state index in [4.69, 9.17) is 0 Å². The summed E-state index contributed by atoms with van der Waals surface area (Å²) < 4.78 is 27.7. The number of anilines is 1. The van der Waals surface area contributed by atoms with E-state index in [2.05, 4.69) is 10.0 Å². The van der Waals surface area contributed by atoms with E-state index in [1.807, 2.05) is 36.6 Å². The lowest BCUT2D eigenvalue weighted by Gasteiger charge is -2.20. The van der Waals surface area contributed by atoms with Gasteiger partial charge in [-0.05, 0) is 61.7 Å². The highest BCUT2D eigenvalue weighted by atomic mass is 32.2. The predicted molar refractivity (Wildman–Crippen MR) is 126 cm³/mol. The highest BCUT2D eigenvalue weighted by Crippen LogP contribution is 2.18. The van der Waals surface area contributed by atoms with Crippen LogP contribution in [0.4, 0.5) is 5.69 Å². The molecule has 0 radical (unpaired) electrons. The molecule has 0 saturated heterocycles. The molecule has 7 nitrogen and oxygen atoms in total. The second-order valence-corrected chi connectivity index (χ2v) is 9.89. The van der Waals surface area contributed by atoms with Crippen LogP contribution >= 0.6 is 11.3 Å². The van der Waals surface area contributed by atoms with Crippen molar-refractivity contribution in [1.82, 2.24) is 10.2 Å². The summed E-state index contributed by atoms with van der Waals surface area (Å²) in [7, 11) is -3.78. The Kier molecular flexibility index (Phi) is 7.66. The first-order valence-corrected chi connectivity index (χ1v) is 12.4. The minimum atomic E-state index is -3.78. The van der Waals surface area contributed by atoms with E-state index in [1.165, 1.54) is 29.2 Å². The maximum Gasteiger partial charge on any atom is 0.261 e. The molecule has 0 aliphatic heterocycles. The Morgan fingerprint density at radius 3 is 2.28 bits per heavy atom. The van der Waals surface area contributed by atoms with Gasteiger partial charge in [-0.2, -0.15) is 0 Å². The monoisotopic (exact) mass is 471 g/mol. The quantitative estimate of drug-likeness (QED) is 0.498. The second-order valence-electron chi connectivity index (χ2n) is 7.17. The molecule has 0 bridgehead atoms. The van der Waals surface area contributed by atoms with Crippen molar-refractivity contribution < 1.29 is 18.0 Å². The van der Waals surface area contributed by atoms with Crippen molar-refractivity contribution >= 4 is 38.9 Å². The van der Waals surface area contributed by atoms with E-state index >= 15 is 0 Å². The van der Waals surface area contributed by atoms with E-state index in [9.17, 15) is 18.0 Å². The molecule has 0 unspecified atom stereocenters. The van der Waals surface area contributed by atoms with Crippen LogP contribution in [0.2, 0.25) is 0 Å². The smallest absolute Gasteiger partial charge is 0.261 e. The lowest BCUT2D eigenvalue weighted by molar-refractivity contribution is -0.121. The van der Waals surface area contributed by atoms with Gasteiger partial charge in [-0.3, -0.25) is 14.3 Å². The van der Waals surface area contributed by atoms with Crippen molar-refractivity contribution in [3.63, 3.8) is 0 Å². The Morgan fingerprint density at radius 2 is 1.69 bits per heavy atom. The van der Waals surface area contributed by atoms with Gasteiger partial charge in [0.1, 0.15) is 0 Å². The van der Waals surface area contributed by atoms with Gasteiger partial charge in [-0.15, -0.1) is 11.3 Å². The van der Waals surface area contributed by atoms with Crippen LogP contribution < -0.4 is 10.0 Å². The number of hydrogen-bond donors (Lipinski definition) is 2. The predicted octanol–water partition coefficient (Wildman–Crippen LogP) is 3.64. The molecular formula is C23H25N3O4S2. The van der Waals surface area contributed by atoms with Crippen LogP contribution in [0, 0.1) is 6.92 Å². The van der Waals surface area contributed by atoms with Crippen molar-refractivity contribution in [3.05, 3.63) is 82.0 Å². The number of nitrogens with zero attached hydrogens (tertiary/aromatic N) is 1. The summed E-state index contributed by atoms with van der Waals surface area (Å²) in [5.41, 5.74) is 1.80. The largest absolute Gasteiger partial charge is 0.350 e. The van der Waals surface area contributed by atoms with Gasteiger partial charge in [0.2, 0.25) is 5.91 Å². The number of hydrogen-bond acceptors (Lipinski definition) is 5. The van der Waals surface area contributed by atoms with Gasteiger partial charge in [0.25, 0.3) is 15.9 Å². The Morgan fingerprint density at radius 1 is 1.00 bits per heavy atom. The van der Waals surface area contributed by atoms with E-state index in [0.29, 0.717) is 24.3 Å². The second kappa shape index (κ2) is 10.4. The number of aryl methyl sites for hydroxylation is 1. The zero-order valence-electron chi connectivity index (χ0n) is 17.9. The van der Waals surface area contributed by atoms with Gasteiger partial charge < -0.3 is 10.2 Å². The van der Waals surface area contributed by atoms with Crippen molar-refractivity contribution in [1.29, 1.82) is 0 Å². The molecule has 3 rings (SSSR count). The summed E-state index contributed by atoms with van der Waals surface area (Å²) in [4.78, 5) is 27.5. The van der Waals surface area contributed by atoms with E-state index in [-0.39, 0.29) is 23.3 Å². The fraction of sp³-hybridized carbons (Fsp3) is 0.217. The van der Waals surface area contributed by atoms with Gasteiger partial charge in [0, 0.05) is 22.7 Å². The Balaban J connectivity index is 1.63. The molecule has 9 heteroatoms. The molecule has 1 heterocycles. The van der Waals surface area contributed by atoms with Crippen LogP contribution in [0.25, 0.3) is 0 Å². The number of thiophene rings is 1. The van der Waals surface area contributed by atoms with Crippen LogP contribution in [0.5, 0.6) is 0 Å². The number of amides is 2. The Bertz CT molecular complexity index is 1160. The van der Waals surface area contributed by atoms with Crippen molar-refractivity contribution in [2.45, 2.75) is 25.3 Å². The third kappa shape index (κ3) is 6.18. The summed E-state index contributed by atoms with van der Waals surface area (Å²) in [5, 5.41) is 4.74. The number of likely N-dealkylation sites (N-methyl/N-ethyl adjacent to an activating group) is 1. The van der Waals surface area contributed by atoms with E-state index in [1.54, 1.807) is 30.4 Å². The van der Waals surface area contributed by atoms with Gasteiger partial charge in [-0.25, -0.2) is 8.42 Å². The first-order chi connectivity index (χ1) is 15.3. The summed E-state index contributed by atoms with van der Waals surface area (Å²) in [6.45, 7) is 4.40. The van der Waals surface area contributed by atoms with Crippen LogP contribution in [0.1, 0.15) is 27.7 Å². The molecule has 3 aromatic rings. The lowest BCUT2D eigenvalue weighted by atomic mass is 10.2. The van der Waals surface area contributed by atoms with Gasteiger partial charge in [-0.1, -0.05) is 23.8 Å². The Hall–Kier alpha value is -3.17. The van der Waals surface area contributed by atoms with E-state index < -0.39 is 10.0 Å². The topological polar surface area (TPSA) is 95.6 Å². The molecule has 2 amide bonds. The third-order valence-corrected chi connectivity index (χ3v) is 7.03. The molecule has 2 aromatic carbocycles. The molecule has 0 atom stereocenters. The van der Waals surface area contributed by atoms with Gasteiger partial charge in [0.05, 0.1) is 18.0 Å². The number of carbonyl (C=O) groups excluding carboxylic acids is 2. The number of sulfonamides is 1. The standard InChI is InChI=1S/C23H25N3O4S2/c1-3-26(16-22(27)24-15-20-5-4-14-31-20)23(28)18-8-12-21(13-9-18)32(29,30)25-19-10-6-17(2)7-11-19/h4-14,25H,3,15-16H2,1-2H3,(H,24,27). The summed E-state index contributed by atoms with van der Waals surface area (Å²) in [6, 6.07) is 16.5. The molecule has 0 aliphatic carbocycles. The summed E-state index contributed by atoms with van der Waals surface area (Å²) in [5.74, 6) is -0.593. The molecule has 0 spiro atoms. The highest BCUT2D eigenvalue weighted by molar-refractivity contribution is 7.92. The normalized spacial score (nSPS) is 11.1. The molecule has 0 saturated carbocycles. The highest BCUT2D eigenvalue weighted by Gasteiger charge is 2.19. The molecule has 0 fully saturated rings. The first kappa shape index (κ1) is 23.5. The minimum Gasteiger partial charge on any atom is -0.350 e. The average Bonchev–Trinajstić information content (AvgIpc) is 3.31. The van der Waals surface area contributed by atoms with Crippen LogP contribution in [0.15, 0.2) is 70.9 Å². The Labute approximate surface area is 192 Å². The van der Waals surface area contributed by atoms with Crippen molar-refractivity contribution in [3.8, 4) is 0 Å². The summed E-state index contributed by atoms with van der Waals surface area (Å²) in [6.07, 6.45) is 0. The molecule has 0 aliphatic rings.